The van der Waals surface area contributed by atoms with Crippen LogP contribution in [0.15, 0.2) is 36.0 Å². The Morgan fingerprint density at radius 1 is 1.44 bits per heavy atom. The summed E-state index contributed by atoms with van der Waals surface area (Å²) in [4.78, 5) is 22.3. The van der Waals surface area contributed by atoms with Crippen molar-refractivity contribution in [3.8, 4) is 0 Å². The van der Waals surface area contributed by atoms with E-state index in [1.165, 1.54) is 25.2 Å². The molecule has 0 saturated heterocycles. The van der Waals surface area contributed by atoms with Gasteiger partial charge in [-0.25, -0.2) is 4.79 Å². The number of carboxylic acid groups (broad SMARTS) is 2. The summed E-state index contributed by atoms with van der Waals surface area (Å²) in [7, 11) is 0. The number of hydrogen-bond donors (Lipinski definition) is 2. The Morgan fingerprint density at radius 3 is 2.38 bits per heavy atom. The van der Waals surface area contributed by atoms with Crippen LogP contribution in [0.2, 0.25) is 0 Å². The van der Waals surface area contributed by atoms with Crippen molar-refractivity contribution in [2.45, 2.75) is 13.8 Å². The summed E-state index contributed by atoms with van der Waals surface area (Å²) in [6, 6.07) is 0. The summed E-state index contributed by atoms with van der Waals surface area (Å²) in [5, 5.41) is 18.2. The first-order chi connectivity index (χ1) is 7.30. The Labute approximate surface area is 93.6 Å². The molecule has 0 spiro atoms. The molecule has 0 aromatic carbocycles. The lowest BCUT2D eigenvalue weighted by Crippen LogP contribution is -2.38. The highest BCUT2D eigenvalue weighted by Crippen LogP contribution is 2.41. The third kappa shape index (κ3) is 1.78. The fourth-order valence-corrected chi connectivity index (χ4v) is 2.03. The molecule has 0 bridgehead atoms. The van der Waals surface area contributed by atoms with Crippen molar-refractivity contribution in [3.05, 3.63) is 36.0 Å². The lowest BCUT2D eigenvalue weighted by atomic mass is 9.67. The number of rotatable bonds is 3. The Balaban J connectivity index is 3.32. The smallest absolute Gasteiger partial charge is 0.332 e. The lowest BCUT2D eigenvalue weighted by Gasteiger charge is -2.34. The van der Waals surface area contributed by atoms with E-state index in [0.717, 1.165) is 0 Å². The fraction of sp³-hybridized carbons (Fsp3) is 0.333. The molecule has 1 aliphatic carbocycles. The standard InChI is InChI=1S/C12H14O4/c1-7(2)9-8(10(13)14)5-4-6-12(9,3)11(15)16/h4-6,9H,1H2,2-3H3,(H,13,14)(H,15,16). The topological polar surface area (TPSA) is 74.6 Å². The zero-order valence-corrected chi connectivity index (χ0v) is 9.23. The van der Waals surface area contributed by atoms with Gasteiger partial charge in [-0.2, -0.15) is 0 Å². The molecule has 0 amide bonds. The van der Waals surface area contributed by atoms with E-state index in [2.05, 4.69) is 6.58 Å². The number of allylic oxidation sites excluding steroid dienone is 3. The van der Waals surface area contributed by atoms with Crippen molar-refractivity contribution in [1.82, 2.24) is 0 Å². The van der Waals surface area contributed by atoms with Crippen LogP contribution in [0.5, 0.6) is 0 Å². The van der Waals surface area contributed by atoms with E-state index < -0.39 is 23.3 Å². The molecular formula is C12H14O4. The SMILES string of the molecule is C=C(C)C1C(C(=O)O)=CC=CC1(C)C(=O)O. The van der Waals surface area contributed by atoms with Crippen LogP contribution in [0.25, 0.3) is 0 Å². The molecule has 1 rings (SSSR count). The van der Waals surface area contributed by atoms with Gasteiger partial charge in [0.2, 0.25) is 0 Å². The summed E-state index contributed by atoms with van der Waals surface area (Å²) in [5.41, 5.74) is -0.642. The van der Waals surface area contributed by atoms with Gasteiger partial charge in [0.1, 0.15) is 0 Å². The minimum absolute atomic E-state index is 0.0694. The Morgan fingerprint density at radius 2 is 2.00 bits per heavy atom. The molecule has 86 valence electrons. The second-order valence-corrected chi connectivity index (χ2v) is 4.15. The second-order valence-electron chi connectivity index (χ2n) is 4.15. The molecule has 0 fully saturated rings. The van der Waals surface area contributed by atoms with Crippen LogP contribution in [-0.4, -0.2) is 22.2 Å². The highest BCUT2D eigenvalue weighted by molar-refractivity contribution is 5.92. The molecule has 4 nitrogen and oxygen atoms in total. The third-order valence-corrected chi connectivity index (χ3v) is 2.83. The van der Waals surface area contributed by atoms with Gasteiger partial charge >= 0.3 is 11.9 Å². The second kappa shape index (κ2) is 3.96. The number of carboxylic acids is 2. The predicted octanol–water partition coefficient (Wildman–Crippen LogP) is 1.85. The zero-order chi connectivity index (χ0) is 12.5. The van der Waals surface area contributed by atoms with E-state index in [4.69, 9.17) is 5.11 Å². The maximum Gasteiger partial charge on any atom is 0.332 e. The van der Waals surface area contributed by atoms with Crippen LogP contribution >= 0.6 is 0 Å². The minimum atomic E-state index is -1.24. The van der Waals surface area contributed by atoms with E-state index in [1.807, 2.05) is 0 Å². The van der Waals surface area contributed by atoms with Crippen molar-refractivity contribution in [3.63, 3.8) is 0 Å². The summed E-state index contributed by atoms with van der Waals surface area (Å²) in [6.07, 6.45) is 4.39. The lowest BCUT2D eigenvalue weighted by molar-refractivity contribution is -0.147. The maximum atomic E-state index is 11.2. The molecule has 2 atom stereocenters. The first kappa shape index (κ1) is 12.2. The van der Waals surface area contributed by atoms with Crippen molar-refractivity contribution in [1.29, 1.82) is 0 Å². The summed E-state index contributed by atoms with van der Waals surface area (Å²) < 4.78 is 0. The molecule has 0 heterocycles. The fourth-order valence-electron chi connectivity index (χ4n) is 2.03. The monoisotopic (exact) mass is 222 g/mol. The first-order valence-electron chi connectivity index (χ1n) is 4.82. The van der Waals surface area contributed by atoms with Gasteiger partial charge in [-0.05, 0) is 13.8 Å². The molecular weight excluding hydrogens is 208 g/mol. The van der Waals surface area contributed by atoms with E-state index in [9.17, 15) is 14.7 Å². The van der Waals surface area contributed by atoms with Gasteiger partial charge in [0.25, 0.3) is 0 Å². The zero-order valence-electron chi connectivity index (χ0n) is 9.23. The van der Waals surface area contributed by atoms with Crippen LogP contribution in [0.1, 0.15) is 13.8 Å². The van der Waals surface area contributed by atoms with Crippen molar-refractivity contribution < 1.29 is 19.8 Å². The molecule has 0 saturated carbocycles. The molecule has 1 aliphatic rings. The molecule has 0 aliphatic heterocycles. The van der Waals surface area contributed by atoms with Gasteiger partial charge in [-0.15, -0.1) is 0 Å². The molecule has 0 aromatic heterocycles. The van der Waals surface area contributed by atoms with Crippen molar-refractivity contribution >= 4 is 11.9 Å². The predicted molar refractivity (Wildman–Crippen MR) is 58.9 cm³/mol. The molecule has 0 radical (unpaired) electrons. The Hall–Kier alpha value is -1.84. The summed E-state index contributed by atoms with van der Waals surface area (Å²) >= 11 is 0. The van der Waals surface area contributed by atoms with E-state index >= 15 is 0 Å². The van der Waals surface area contributed by atoms with Crippen LogP contribution in [-0.2, 0) is 9.59 Å². The van der Waals surface area contributed by atoms with E-state index in [-0.39, 0.29) is 5.57 Å². The first-order valence-corrected chi connectivity index (χ1v) is 4.82. The quantitative estimate of drug-likeness (QED) is 0.714. The average Bonchev–Trinajstić information content (AvgIpc) is 2.16. The van der Waals surface area contributed by atoms with Crippen molar-refractivity contribution in [2.24, 2.45) is 11.3 Å². The largest absolute Gasteiger partial charge is 0.481 e. The van der Waals surface area contributed by atoms with Gasteiger partial charge < -0.3 is 10.2 Å². The van der Waals surface area contributed by atoms with E-state index in [1.54, 1.807) is 6.92 Å². The maximum absolute atomic E-state index is 11.2. The highest BCUT2D eigenvalue weighted by atomic mass is 16.4. The van der Waals surface area contributed by atoms with Gasteiger partial charge in [0, 0.05) is 11.5 Å². The molecule has 4 heteroatoms. The van der Waals surface area contributed by atoms with Crippen LogP contribution < -0.4 is 0 Å². The minimum Gasteiger partial charge on any atom is -0.481 e. The van der Waals surface area contributed by atoms with Crippen LogP contribution in [0, 0.1) is 11.3 Å². The molecule has 2 unspecified atom stereocenters. The van der Waals surface area contributed by atoms with Crippen LogP contribution in [0.4, 0.5) is 0 Å². The van der Waals surface area contributed by atoms with Gasteiger partial charge in [0.05, 0.1) is 5.41 Å². The number of hydrogen-bond acceptors (Lipinski definition) is 2. The van der Waals surface area contributed by atoms with Gasteiger partial charge in [-0.3, -0.25) is 4.79 Å². The van der Waals surface area contributed by atoms with Gasteiger partial charge in [0.15, 0.2) is 0 Å². The van der Waals surface area contributed by atoms with Crippen LogP contribution in [0.3, 0.4) is 0 Å². The van der Waals surface area contributed by atoms with Gasteiger partial charge in [-0.1, -0.05) is 30.4 Å². The average molecular weight is 222 g/mol. The summed E-state index contributed by atoms with van der Waals surface area (Å²) in [6.45, 7) is 6.83. The molecule has 2 N–H and O–H groups in total. The molecule has 0 aromatic rings. The summed E-state index contributed by atoms with van der Waals surface area (Å²) in [5.74, 6) is -2.86. The third-order valence-electron chi connectivity index (χ3n) is 2.83. The molecule has 16 heavy (non-hydrogen) atoms. The highest BCUT2D eigenvalue weighted by Gasteiger charge is 2.44. The number of carbonyl (C=O) groups is 2. The Bertz CT molecular complexity index is 417. The Kier molecular flexibility index (Phi) is 3.03. The van der Waals surface area contributed by atoms with Crippen molar-refractivity contribution in [2.75, 3.05) is 0 Å². The number of aliphatic carboxylic acids is 2. The van der Waals surface area contributed by atoms with E-state index in [0.29, 0.717) is 5.57 Å². The normalized spacial score (nSPS) is 28.4.